The topological polar surface area (TPSA) is 96.4 Å². The first-order valence-corrected chi connectivity index (χ1v) is 6.72. The molecule has 18 heavy (non-hydrogen) atoms. The van der Waals surface area contributed by atoms with E-state index in [1.807, 2.05) is 11.9 Å². The number of rotatable bonds is 11. The van der Waals surface area contributed by atoms with E-state index < -0.39 is 0 Å². The highest BCUT2D eigenvalue weighted by molar-refractivity contribution is 5.82. The molecule has 0 aromatic rings. The van der Waals surface area contributed by atoms with Gasteiger partial charge in [0.2, 0.25) is 5.91 Å². The molecule has 6 nitrogen and oxygen atoms in total. The summed E-state index contributed by atoms with van der Waals surface area (Å²) in [6, 6.07) is -0.175. The third-order valence-electron chi connectivity index (χ3n) is 2.88. The largest absolute Gasteiger partial charge is 0.341 e. The van der Waals surface area contributed by atoms with Gasteiger partial charge >= 0.3 is 0 Å². The van der Waals surface area contributed by atoms with E-state index >= 15 is 0 Å². The number of amides is 1. The van der Waals surface area contributed by atoms with Crippen LogP contribution in [0.2, 0.25) is 0 Å². The molecule has 0 radical (unpaired) electrons. The van der Waals surface area contributed by atoms with Crippen molar-refractivity contribution < 1.29 is 4.79 Å². The highest BCUT2D eigenvalue weighted by Crippen LogP contribution is 2.00. The van der Waals surface area contributed by atoms with Crippen molar-refractivity contribution >= 4 is 5.91 Å². The second-order valence-electron chi connectivity index (χ2n) is 4.36. The average Bonchev–Trinajstić information content (AvgIpc) is 2.39. The number of hydrogen-bond acceptors (Lipinski definition) is 5. The quantitative estimate of drug-likeness (QED) is 0.346. The number of likely N-dealkylation sites (N-methyl/N-ethyl adjacent to an activating group) is 2. The summed E-state index contributed by atoms with van der Waals surface area (Å²) in [4.78, 5) is 14.2. The summed E-state index contributed by atoms with van der Waals surface area (Å²) in [6.45, 7) is 3.40. The molecule has 0 aliphatic carbocycles. The van der Waals surface area contributed by atoms with Crippen molar-refractivity contribution in [3.8, 4) is 0 Å². The number of hydrogen-bond donors (Lipinski definition) is 4. The Kier molecular flexibility index (Phi) is 11.0. The molecule has 0 fully saturated rings. The van der Waals surface area contributed by atoms with Gasteiger partial charge in [-0.15, -0.1) is 0 Å². The van der Waals surface area contributed by atoms with Crippen LogP contribution in [-0.4, -0.2) is 63.7 Å². The molecule has 0 saturated heterocycles. The minimum Gasteiger partial charge on any atom is -0.341 e. The molecule has 6 heteroatoms. The van der Waals surface area contributed by atoms with Gasteiger partial charge in [-0.25, -0.2) is 0 Å². The van der Waals surface area contributed by atoms with E-state index in [1.54, 1.807) is 7.05 Å². The molecule has 1 unspecified atom stereocenters. The fraction of sp³-hybridized carbons (Fsp3) is 0.917. The molecule has 0 rings (SSSR count). The van der Waals surface area contributed by atoms with Crippen LogP contribution in [-0.2, 0) is 4.79 Å². The molecule has 1 amide bonds. The number of nitrogens with one attached hydrogen (secondary N) is 2. The van der Waals surface area contributed by atoms with Gasteiger partial charge in [-0.2, -0.15) is 0 Å². The molecule has 0 aromatic heterocycles. The minimum absolute atomic E-state index is 0.136. The van der Waals surface area contributed by atoms with Crippen molar-refractivity contribution in [2.24, 2.45) is 11.5 Å². The predicted octanol–water partition coefficient (Wildman–Crippen LogP) is -1.29. The molecule has 0 aromatic carbocycles. The third-order valence-corrected chi connectivity index (χ3v) is 2.88. The molecule has 6 N–H and O–H groups in total. The van der Waals surface area contributed by atoms with E-state index in [4.69, 9.17) is 11.5 Å². The molecule has 0 spiro atoms. The molecule has 1 atom stereocenters. The van der Waals surface area contributed by atoms with Gasteiger partial charge in [-0.05, 0) is 46.4 Å². The van der Waals surface area contributed by atoms with E-state index in [2.05, 4.69) is 10.6 Å². The highest BCUT2D eigenvalue weighted by Gasteiger charge is 2.21. The highest BCUT2D eigenvalue weighted by atomic mass is 16.2. The number of unbranched alkanes of at least 4 members (excludes halogenated alkanes) is 1. The maximum absolute atomic E-state index is 12.3. The van der Waals surface area contributed by atoms with Crippen LogP contribution in [0.25, 0.3) is 0 Å². The summed E-state index contributed by atoms with van der Waals surface area (Å²) < 4.78 is 0. The van der Waals surface area contributed by atoms with Crippen LogP contribution in [0.5, 0.6) is 0 Å². The molecular formula is C12H29N5O. The Labute approximate surface area is 110 Å². The van der Waals surface area contributed by atoms with Crippen LogP contribution < -0.4 is 22.1 Å². The second-order valence-corrected chi connectivity index (χ2v) is 4.36. The van der Waals surface area contributed by atoms with Crippen LogP contribution in [0.15, 0.2) is 0 Å². The van der Waals surface area contributed by atoms with Gasteiger partial charge in [0, 0.05) is 19.6 Å². The second kappa shape index (κ2) is 11.4. The van der Waals surface area contributed by atoms with Crippen molar-refractivity contribution in [1.29, 1.82) is 0 Å². The van der Waals surface area contributed by atoms with Gasteiger partial charge in [-0.1, -0.05) is 0 Å². The summed E-state index contributed by atoms with van der Waals surface area (Å²) in [7, 11) is 3.65. The molecule has 0 saturated carbocycles. The van der Waals surface area contributed by atoms with E-state index in [1.165, 1.54) is 0 Å². The zero-order chi connectivity index (χ0) is 13.8. The van der Waals surface area contributed by atoms with Gasteiger partial charge in [-0.3, -0.25) is 4.79 Å². The SMILES string of the molecule is CNCC(NC)C(=O)N(CCCN)CCCCN. The van der Waals surface area contributed by atoms with Crippen LogP contribution in [0.4, 0.5) is 0 Å². The summed E-state index contributed by atoms with van der Waals surface area (Å²) in [5, 5.41) is 6.06. The van der Waals surface area contributed by atoms with Crippen molar-refractivity contribution in [3.63, 3.8) is 0 Å². The first-order valence-electron chi connectivity index (χ1n) is 6.72. The average molecular weight is 259 g/mol. The molecule has 0 aliphatic rings. The van der Waals surface area contributed by atoms with Crippen LogP contribution >= 0.6 is 0 Å². The maximum Gasteiger partial charge on any atom is 0.241 e. The molecule has 0 aliphatic heterocycles. The lowest BCUT2D eigenvalue weighted by Crippen LogP contribution is -2.50. The van der Waals surface area contributed by atoms with Gasteiger partial charge in [0.1, 0.15) is 0 Å². The maximum atomic E-state index is 12.3. The monoisotopic (exact) mass is 259 g/mol. The molecule has 108 valence electrons. The standard InChI is InChI=1S/C12H29N5O/c1-15-10-11(16-2)12(18)17(9-5-7-14)8-4-3-6-13/h11,15-16H,3-10,13-14H2,1-2H3. The number of carbonyl (C=O) groups is 1. The van der Waals surface area contributed by atoms with E-state index in [0.717, 1.165) is 32.4 Å². The van der Waals surface area contributed by atoms with Crippen LogP contribution in [0.3, 0.4) is 0 Å². The lowest BCUT2D eigenvalue weighted by molar-refractivity contribution is -0.133. The number of carbonyl (C=O) groups excluding carboxylic acids is 1. The first-order chi connectivity index (χ1) is 8.71. The smallest absolute Gasteiger partial charge is 0.241 e. The molecule has 0 bridgehead atoms. The Morgan fingerprint density at radius 2 is 1.72 bits per heavy atom. The van der Waals surface area contributed by atoms with Crippen molar-refractivity contribution in [2.75, 3.05) is 46.8 Å². The predicted molar refractivity (Wildman–Crippen MR) is 75.3 cm³/mol. The van der Waals surface area contributed by atoms with E-state index in [-0.39, 0.29) is 11.9 Å². The van der Waals surface area contributed by atoms with Crippen molar-refractivity contribution in [3.05, 3.63) is 0 Å². The fourth-order valence-electron chi connectivity index (χ4n) is 1.80. The molecular weight excluding hydrogens is 230 g/mol. The summed E-state index contributed by atoms with van der Waals surface area (Å²) in [6.07, 6.45) is 2.73. The number of nitrogens with zero attached hydrogens (tertiary/aromatic N) is 1. The molecule has 0 heterocycles. The van der Waals surface area contributed by atoms with E-state index in [9.17, 15) is 4.79 Å². The lowest BCUT2D eigenvalue weighted by Gasteiger charge is -2.27. The third kappa shape index (κ3) is 6.90. The van der Waals surface area contributed by atoms with Crippen LogP contribution in [0.1, 0.15) is 19.3 Å². The minimum atomic E-state index is -0.175. The summed E-state index contributed by atoms with van der Waals surface area (Å²) in [5.74, 6) is 0.136. The fourth-order valence-corrected chi connectivity index (χ4v) is 1.80. The number of nitrogens with two attached hydrogens (primary N) is 2. The van der Waals surface area contributed by atoms with Gasteiger partial charge in [0.05, 0.1) is 6.04 Å². The Balaban J connectivity index is 4.34. The zero-order valence-electron chi connectivity index (χ0n) is 11.7. The Morgan fingerprint density at radius 1 is 1.11 bits per heavy atom. The normalized spacial score (nSPS) is 12.4. The van der Waals surface area contributed by atoms with Crippen molar-refractivity contribution in [2.45, 2.75) is 25.3 Å². The zero-order valence-corrected chi connectivity index (χ0v) is 11.7. The van der Waals surface area contributed by atoms with Gasteiger partial charge in [0.15, 0.2) is 0 Å². The Morgan fingerprint density at radius 3 is 2.22 bits per heavy atom. The van der Waals surface area contributed by atoms with E-state index in [0.29, 0.717) is 19.6 Å². The van der Waals surface area contributed by atoms with Crippen LogP contribution in [0, 0.1) is 0 Å². The van der Waals surface area contributed by atoms with Gasteiger partial charge < -0.3 is 27.0 Å². The Hall–Kier alpha value is -0.690. The van der Waals surface area contributed by atoms with Crippen molar-refractivity contribution in [1.82, 2.24) is 15.5 Å². The lowest BCUT2D eigenvalue weighted by atomic mass is 10.2. The Bertz CT molecular complexity index is 213. The van der Waals surface area contributed by atoms with Gasteiger partial charge in [0.25, 0.3) is 0 Å². The summed E-state index contributed by atoms with van der Waals surface area (Å²) >= 11 is 0. The summed E-state index contributed by atoms with van der Waals surface area (Å²) in [5.41, 5.74) is 11.0. The first kappa shape index (κ1) is 17.3.